The molecule has 26 heavy (non-hydrogen) atoms. The minimum Gasteiger partial charge on any atom is -0.491 e. The third-order valence-corrected chi connectivity index (χ3v) is 4.76. The number of ether oxygens (including phenoxy) is 1. The molecule has 0 radical (unpaired) electrons. The van der Waals surface area contributed by atoms with Gasteiger partial charge in [-0.15, -0.1) is 0 Å². The topological polar surface area (TPSA) is 71.8 Å². The second-order valence-electron chi connectivity index (χ2n) is 6.69. The van der Waals surface area contributed by atoms with E-state index in [1.54, 1.807) is 23.2 Å². The minimum absolute atomic E-state index is 0.00628. The van der Waals surface area contributed by atoms with E-state index in [-0.39, 0.29) is 24.5 Å². The fourth-order valence-corrected chi connectivity index (χ4v) is 3.07. The van der Waals surface area contributed by atoms with Crippen molar-refractivity contribution in [3.63, 3.8) is 0 Å². The summed E-state index contributed by atoms with van der Waals surface area (Å²) in [7, 11) is 0. The molecule has 1 saturated heterocycles. The van der Waals surface area contributed by atoms with E-state index >= 15 is 0 Å². The summed E-state index contributed by atoms with van der Waals surface area (Å²) in [6, 6.07) is 14.3. The number of hydrogen-bond acceptors (Lipinski definition) is 4. The Morgan fingerprint density at radius 3 is 2.46 bits per heavy atom. The number of benzene rings is 1. The standard InChI is InChI=1S/C20H24N2O4/c23-18-8-4-5-12-21(18)13-9-19(24)22-14-10-20(25,11-15-22)16-26-17-6-2-1-3-7-17/h1-8,12,25H,9-11,13-16H2. The van der Waals surface area contributed by atoms with Gasteiger partial charge in [-0.3, -0.25) is 9.59 Å². The van der Waals surface area contributed by atoms with Crippen LogP contribution >= 0.6 is 0 Å². The average Bonchev–Trinajstić information content (AvgIpc) is 2.67. The van der Waals surface area contributed by atoms with Crippen molar-refractivity contribution < 1.29 is 14.6 Å². The van der Waals surface area contributed by atoms with Crippen LogP contribution in [-0.4, -0.2) is 45.8 Å². The van der Waals surface area contributed by atoms with Gasteiger partial charge in [-0.25, -0.2) is 0 Å². The smallest absolute Gasteiger partial charge is 0.250 e. The lowest BCUT2D eigenvalue weighted by atomic mass is 9.92. The maximum atomic E-state index is 12.4. The van der Waals surface area contributed by atoms with Gasteiger partial charge >= 0.3 is 0 Å². The van der Waals surface area contributed by atoms with Gasteiger partial charge in [0.05, 0.1) is 0 Å². The van der Waals surface area contributed by atoms with E-state index in [1.807, 2.05) is 30.3 Å². The number of piperidine rings is 1. The first-order valence-electron chi connectivity index (χ1n) is 8.89. The van der Waals surface area contributed by atoms with E-state index in [2.05, 4.69) is 0 Å². The predicted molar refractivity (Wildman–Crippen MR) is 98.0 cm³/mol. The summed E-state index contributed by atoms with van der Waals surface area (Å²) in [5.41, 5.74) is -1.02. The van der Waals surface area contributed by atoms with E-state index in [1.165, 1.54) is 10.6 Å². The average molecular weight is 356 g/mol. The molecule has 2 aromatic rings. The maximum absolute atomic E-state index is 12.4. The number of para-hydroxylation sites is 1. The summed E-state index contributed by atoms with van der Waals surface area (Å²) < 4.78 is 7.20. The molecule has 0 spiro atoms. The molecule has 1 aromatic heterocycles. The summed E-state index contributed by atoms with van der Waals surface area (Å²) in [5.74, 6) is 0.736. The quantitative estimate of drug-likeness (QED) is 0.855. The Hall–Kier alpha value is -2.60. The number of aryl methyl sites for hydroxylation is 1. The summed E-state index contributed by atoms with van der Waals surface area (Å²) in [5, 5.41) is 10.7. The van der Waals surface area contributed by atoms with Crippen LogP contribution in [0.15, 0.2) is 59.5 Å². The van der Waals surface area contributed by atoms with Gasteiger partial charge in [-0.2, -0.15) is 0 Å². The van der Waals surface area contributed by atoms with Crippen molar-refractivity contribution >= 4 is 5.91 Å². The molecule has 138 valence electrons. The van der Waals surface area contributed by atoms with Crippen LogP contribution in [0.5, 0.6) is 5.75 Å². The second kappa shape index (κ2) is 8.19. The summed E-state index contributed by atoms with van der Waals surface area (Å²) in [6.07, 6.45) is 2.93. The number of likely N-dealkylation sites (tertiary alicyclic amines) is 1. The van der Waals surface area contributed by atoms with Crippen LogP contribution in [-0.2, 0) is 11.3 Å². The molecule has 1 aromatic carbocycles. The van der Waals surface area contributed by atoms with Crippen molar-refractivity contribution in [2.75, 3.05) is 19.7 Å². The Bertz CT molecular complexity index is 780. The molecular weight excluding hydrogens is 332 g/mol. The van der Waals surface area contributed by atoms with E-state index in [0.29, 0.717) is 32.5 Å². The number of rotatable bonds is 6. The first-order chi connectivity index (χ1) is 12.6. The van der Waals surface area contributed by atoms with Gasteiger partial charge in [-0.1, -0.05) is 24.3 Å². The predicted octanol–water partition coefficient (Wildman–Crippen LogP) is 1.67. The first kappa shape index (κ1) is 18.2. The molecule has 1 aliphatic heterocycles. The van der Waals surface area contributed by atoms with Crippen molar-refractivity contribution in [1.29, 1.82) is 0 Å². The number of hydrogen-bond donors (Lipinski definition) is 1. The molecule has 0 bridgehead atoms. The van der Waals surface area contributed by atoms with Crippen LogP contribution in [0.1, 0.15) is 19.3 Å². The number of aromatic nitrogens is 1. The monoisotopic (exact) mass is 356 g/mol. The zero-order chi connectivity index (χ0) is 18.4. The lowest BCUT2D eigenvalue weighted by molar-refractivity contribution is -0.136. The molecular formula is C20H24N2O4. The Morgan fingerprint density at radius 2 is 1.77 bits per heavy atom. The fourth-order valence-electron chi connectivity index (χ4n) is 3.07. The third-order valence-electron chi connectivity index (χ3n) is 4.76. The maximum Gasteiger partial charge on any atom is 0.250 e. The number of carbonyl (C=O) groups is 1. The van der Waals surface area contributed by atoms with Crippen LogP contribution in [0.4, 0.5) is 0 Å². The van der Waals surface area contributed by atoms with Gasteiger partial charge in [-0.05, 0) is 31.0 Å². The Labute approximate surface area is 152 Å². The summed E-state index contributed by atoms with van der Waals surface area (Å²) in [4.78, 5) is 25.8. The van der Waals surface area contributed by atoms with Crippen LogP contribution < -0.4 is 10.3 Å². The lowest BCUT2D eigenvalue weighted by Crippen LogP contribution is -2.49. The van der Waals surface area contributed by atoms with Crippen molar-refractivity contribution in [2.45, 2.75) is 31.4 Å². The van der Waals surface area contributed by atoms with Crippen LogP contribution in [0, 0.1) is 0 Å². The normalized spacial score (nSPS) is 16.3. The molecule has 3 rings (SSSR count). The van der Waals surface area contributed by atoms with Gasteiger partial charge in [0.25, 0.3) is 5.56 Å². The largest absolute Gasteiger partial charge is 0.491 e. The molecule has 0 atom stereocenters. The van der Waals surface area contributed by atoms with E-state index < -0.39 is 5.60 Å². The second-order valence-corrected chi connectivity index (χ2v) is 6.69. The van der Waals surface area contributed by atoms with Crippen molar-refractivity contribution in [3.05, 3.63) is 65.1 Å². The van der Waals surface area contributed by atoms with E-state index in [9.17, 15) is 14.7 Å². The molecule has 6 heteroatoms. The van der Waals surface area contributed by atoms with Gasteiger partial charge in [0.2, 0.25) is 5.91 Å². The first-order valence-corrected chi connectivity index (χ1v) is 8.89. The number of pyridine rings is 1. The fraction of sp³-hybridized carbons (Fsp3) is 0.400. The third kappa shape index (κ3) is 4.73. The molecule has 0 unspecified atom stereocenters. The lowest BCUT2D eigenvalue weighted by Gasteiger charge is -2.38. The van der Waals surface area contributed by atoms with Crippen LogP contribution in [0.3, 0.4) is 0 Å². The Balaban J connectivity index is 1.46. The zero-order valence-corrected chi connectivity index (χ0v) is 14.7. The van der Waals surface area contributed by atoms with Crippen LogP contribution in [0.25, 0.3) is 0 Å². The van der Waals surface area contributed by atoms with E-state index in [4.69, 9.17) is 4.74 Å². The van der Waals surface area contributed by atoms with Gasteiger partial charge in [0, 0.05) is 38.3 Å². The highest BCUT2D eigenvalue weighted by molar-refractivity contribution is 5.76. The Kier molecular flexibility index (Phi) is 5.73. The molecule has 1 fully saturated rings. The molecule has 1 amide bonds. The molecule has 1 aliphatic rings. The van der Waals surface area contributed by atoms with Crippen molar-refractivity contribution in [1.82, 2.24) is 9.47 Å². The molecule has 6 nitrogen and oxygen atoms in total. The molecule has 2 heterocycles. The van der Waals surface area contributed by atoms with Gasteiger partial charge < -0.3 is 19.3 Å². The Morgan fingerprint density at radius 1 is 1.08 bits per heavy atom. The van der Waals surface area contributed by atoms with Crippen LogP contribution in [0.2, 0.25) is 0 Å². The highest BCUT2D eigenvalue weighted by atomic mass is 16.5. The molecule has 1 N–H and O–H groups in total. The molecule has 0 aliphatic carbocycles. The number of carbonyl (C=O) groups excluding carboxylic acids is 1. The van der Waals surface area contributed by atoms with Crippen molar-refractivity contribution in [2.24, 2.45) is 0 Å². The highest BCUT2D eigenvalue weighted by Gasteiger charge is 2.34. The minimum atomic E-state index is -0.914. The van der Waals surface area contributed by atoms with Crippen molar-refractivity contribution in [3.8, 4) is 5.75 Å². The van der Waals surface area contributed by atoms with E-state index in [0.717, 1.165) is 5.75 Å². The van der Waals surface area contributed by atoms with Gasteiger partial charge in [0.1, 0.15) is 18.0 Å². The zero-order valence-electron chi connectivity index (χ0n) is 14.7. The number of aliphatic hydroxyl groups is 1. The number of amides is 1. The summed E-state index contributed by atoms with van der Waals surface area (Å²) >= 11 is 0. The SMILES string of the molecule is O=C(CCn1ccccc1=O)N1CCC(O)(COc2ccccc2)CC1. The van der Waals surface area contributed by atoms with Gasteiger partial charge in [0.15, 0.2) is 0 Å². The molecule has 0 saturated carbocycles. The number of nitrogens with zero attached hydrogens (tertiary/aromatic N) is 2. The summed E-state index contributed by atoms with van der Waals surface area (Å²) in [6.45, 7) is 1.59. The highest BCUT2D eigenvalue weighted by Crippen LogP contribution is 2.24.